The van der Waals surface area contributed by atoms with E-state index in [0.717, 1.165) is 16.8 Å². The number of fused-ring (bicyclic) bond motifs is 1. The predicted molar refractivity (Wildman–Crippen MR) is 161 cm³/mol. The summed E-state index contributed by atoms with van der Waals surface area (Å²) in [4.78, 5) is 35.1. The van der Waals surface area contributed by atoms with E-state index in [1.54, 1.807) is 37.8 Å². The fraction of sp³-hybridized carbons (Fsp3) is 0.219. The van der Waals surface area contributed by atoms with Gasteiger partial charge in [-0.2, -0.15) is 0 Å². The fourth-order valence-corrected chi connectivity index (χ4v) is 5.80. The largest absolute Gasteiger partial charge is 0.493 e. The highest BCUT2D eigenvalue weighted by molar-refractivity contribution is 7.07. The molecule has 5 rings (SSSR count). The number of benzene rings is 3. The SMILES string of the molecule is CCOC(=O)C1=C(c2ccccc2)N=c2s/c(=C\c3ccc(N(C)C)cc3)c(=O)n2C1c1ccc(OC)c(OC)c1. The summed E-state index contributed by atoms with van der Waals surface area (Å²) in [5, 5.41) is 0. The molecule has 0 aliphatic carbocycles. The van der Waals surface area contributed by atoms with Gasteiger partial charge in [0.05, 0.1) is 42.7 Å². The Morgan fingerprint density at radius 3 is 2.34 bits per heavy atom. The molecular formula is C32H31N3O5S. The van der Waals surface area contributed by atoms with Gasteiger partial charge in [-0.1, -0.05) is 59.9 Å². The lowest BCUT2D eigenvalue weighted by Crippen LogP contribution is -2.40. The van der Waals surface area contributed by atoms with E-state index in [2.05, 4.69) is 0 Å². The Kier molecular flexibility index (Phi) is 8.07. The Labute approximate surface area is 242 Å². The molecule has 210 valence electrons. The van der Waals surface area contributed by atoms with Crippen LogP contribution < -0.4 is 29.3 Å². The van der Waals surface area contributed by atoms with Crippen LogP contribution in [0.3, 0.4) is 0 Å². The van der Waals surface area contributed by atoms with Crippen molar-refractivity contribution in [2.45, 2.75) is 13.0 Å². The molecule has 1 unspecified atom stereocenters. The summed E-state index contributed by atoms with van der Waals surface area (Å²) in [7, 11) is 7.06. The number of hydrogen-bond acceptors (Lipinski definition) is 8. The topological polar surface area (TPSA) is 82.4 Å². The van der Waals surface area contributed by atoms with Crippen LogP contribution in [0.25, 0.3) is 11.8 Å². The number of methoxy groups -OCH3 is 2. The quantitative estimate of drug-likeness (QED) is 0.298. The molecule has 0 N–H and O–H groups in total. The van der Waals surface area contributed by atoms with Crippen molar-refractivity contribution in [1.29, 1.82) is 0 Å². The van der Waals surface area contributed by atoms with Crippen molar-refractivity contribution >= 4 is 34.8 Å². The fourth-order valence-electron chi connectivity index (χ4n) is 4.80. The van der Waals surface area contributed by atoms with Crippen LogP contribution in [0.2, 0.25) is 0 Å². The van der Waals surface area contributed by atoms with Crippen molar-refractivity contribution in [3.63, 3.8) is 0 Å². The number of rotatable bonds is 8. The third-order valence-corrected chi connectivity index (χ3v) is 7.79. The minimum atomic E-state index is -0.807. The molecule has 0 amide bonds. The van der Waals surface area contributed by atoms with E-state index in [0.29, 0.717) is 32.1 Å². The third kappa shape index (κ3) is 5.40. The molecular weight excluding hydrogens is 538 g/mol. The first-order chi connectivity index (χ1) is 19.9. The molecule has 0 saturated carbocycles. The molecule has 1 atom stereocenters. The molecule has 1 aliphatic heterocycles. The normalized spacial score (nSPS) is 14.8. The second-order valence-corrected chi connectivity index (χ2v) is 10.5. The minimum Gasteiger partial charge on any atom is -0.493 e. The maximum Gasteiger partial charge on any atom is 0.338 e. The van der Waals surface area contributed by atoms with Crippen molar-refractivity contribution in [3.8, 4) is 11.5 Å². The number of anilines is 1. The Hall–Kier alpha value is -4.63. The summed E-state index contributed by atoms with van der Waals surface area (Å²) in [5.41, 5.74) is 3.85. The molecule has 9 heteroatoms. The number of esters is 1. The van der Waals surface area contributed by atoms with Gasteiger partial charge < -0.3 is 19.1 Å². The standard InChI is InChI=1S/C32H31N3O5S/c1-6-40-31(37)27-28(21-10-8-7-9-11-21)33-32-35(29(27)22-14-17-24(38-4)25(19-22)39-5)30(36)26(41-32)18-20-12-15-23(16-13-20)34(2)3/h7-19,29H,6H2,1-5H3/b26-18-. The number of ether oxygens (including phenoxy) is 3. The molecule has 0 fully saturated rings. The van der Waals surface area contributed by atoms with Crippen LogP contribution in [0, 0.1) is 0 Å². The average Bonchev–Trinajstić information content (AvgIpc) is 3.30. The highest BCUT2D eigenvalue weighted by atomic mass is 32.1. The summed E-state index contributed by atoms with van der Waals surface area (Å²) < 4.78 is 18.6. The molecule has 3 aromatic carbocycles. The van der Waals surface area contributed by atoms with Crippen LogP contribution in [-0.2, 0) is 9.53 Å². The van der Waals surface area contributed by atoms with Gasteiger partial charge in [0.2, 0.25) is 0 Å². The molecule has 0 radical (unpaired) electrons. The second kappa shape index (κ2) is 11.9. The zero-order chi connectivity index (χ0) is 29.1. The lowest BCUT2D eigenvalue weighted by atomic mass is 9.93. The van der Waals surface area contributed by atoms with E-state index in [1.807, 2.05) is 85.7 Å². The van der Waals surface area contributed by atoms with Gasteiger partial charge in [-0.3, -0.25) is 9.36 Å². The van der Waals surface area contributed by atoms with E-state index >= 15 is 0 Å². The van der Waals surface area contributed by atoms with E-state index in [1.165, 1.54) is 11.3 Å². The average molecular weight is 570 g/mol. The Morgan fingerprint density at radius 1 is 1.00 bits per heavy atom. The summed E-state index contributed by atoms with van der Waals surface area (Å²) in [6, 6.07) is 22.0. The van der Waals surface area contributed by atoms with Crippen molar-refractivity contribution in [2.75, 3.05) is 39.8 Å². The van der Waals surface area contributed by atoms with Gasteiger partial charge in [0.1, 0.15) is 0 Å². The van der Waals surface area contributed by atoms with Crippen LogP contribution >= 0.6 is 11.3 Å². The number of nitrogens with zero attached hydrogens (tertiary/aromatic N) is 3. The maximum absolute atomic E-state index is 14.1. The smallest absolute Gasteiger partial charge is 0.338 e. The molecule has 2 heterocycles. The van der Waals surface area contributed by atoms with Gasteiger partial charge in [0.25, 0.3) is 5.56 Å². The van der Waals surface area contributed by atoms with Crippen molar-refractivity contribution in [2.24, 2.45) is 4.99 Å². The van der Waals surface area contributed by atoms with Crippen LogP contribution in [0.4, 0.5) is 5.69 Å². The van der Waals surface area contributed by atoms with Crippen LogP contribution in [-0.4, -0.2) is 45.5 Å². The highest BCUT2D eigenvalue weighted by Crippen LogP contribution is 2.38. The highest BCUT2D eigenvalue weighted by Gasteiger charge is 2.35. The van der Waals surface area contributed by atoms with Crippen LogP contribution in [0.1, 0.15) is 29.7 Å². The predicted octanol–water partition coefficient (Wildman–Crippen LogP) is 4.02. The summed E-state index contributed by atoms with van der Waals surface area (Å²) in [5.74, 6) is 0.479. The van der Waals surface area contributed by atoms with Crippen molar-refractivity contribution < 1.29 is 19.0 Å². The molecule has 0 saturated heterocycles. The van der Waals surface area contributed by atoms with Crippen LogP contribution in [0.5, 0.6) is 11.5 Å². The zero-order valence-corrected chi connectivity index (χ0v) is 24.4. The molecule has 4 aromatic rings. The lowest BCUT2D eigenvalue weighted by molar-refractivity contribution is -0.138. The van der Waals surface area contributed by atoms with E-state index < -0.39 is 12.0 Å². The lowest BCUT2D eigenvalue weighted by Gasteiger charge is -2.26. The first-order valence-electron chi connectivity index (χ1n) is 13.1. The number of carbonyl (C=O) groups is 1. The number of aromatic nitrogens is 1. The first-order valence-corrected chi connectivity index (χ1v) is 14.0. The monoisotopic (exact) mass is 569 g/mol. The summed E-state index contributed by atoms with van der Waals surface area (Å²) in [6.45, 7) is 1.93. The van der Waals surface area contributed by atoms with Gasteiger partial charge in [0, 0.05) is 25.3 Å². The Balaban J connectivity index is 1.80. The molecule has 1 aromatic heterocycles. The number of thiazole rings is 1. The third-order valence-electron chi connectivity index (χ3n) is 6.80. The van der Waals surface area contributed by atoms with Gasteiger partial charge in [-0.05, 0) is 48.4 Å². The van der Waals surface area contributed by atoms with Gasteiger partial charge in [0.15, 0.2) is 16.3 Å². The van der Waals surface area contributed by atoms with Gasteiger partial charge >= 0.3 is 5.97 Å². The minimum absolute atomic E-state index is 0.177. The van der Waals surface area contributed by atoms with Crippen LogP contribution in [0.15, 0.2) is 88.2 Å². The molecule has 41 heavy (non-hydrogen) atoms. The van der Waals surface area contributed by atoms with E-state index in [4.69, 9.17) is 19.2 Å². The second-order valence-electron chi connectivity index (χ2n) is 9.53. The summed E-state index contributed by atoms with van der Waals surface area (Å²) in [6.07, 6.45) is 1.85. The van der Waals surface area contributed by atoms with Crippen molar-refractivity contribution in [1.82, 2.24) is 4.57 Å². The number of carbonyl (C=O) groups excluding carboxylic acids is 1. The first kappa shape index (κ1) is 27.9. The van der Waals surface area contributed by atoms with E-state index in [9.17, 15) is 9.59 Å². The Morgan fingerprint density at radius 2 is 1.71 bits per heavy atom. The zero-order valence-electron chi connectivity index (χ0n) is 23.6. The summed E-state index contributed by atoms with van der Waals surface area (Å²) >= 11 is 1.28. The van der Waals surface area contributed by atoms with Crippen molar-refractivity contribution in [3.05, 3.63) is 115 Å². The Bertz CT molecular complexity index is 1790. The molecule has 8 nitrogen and oxygen atoms in total. The van der Waals surface area contributed by atoms with Gasteiger partial charge in [-0.15, -0.1) is 0 Å². The maximum atomic E-state index is 14.1. The molecule has 0 bridgehead atoms. The van der Waals surface area contributed by atoms with Gasteiger partial charge in [-0.25, -0.2) is 9.79 Å². The molecule has 1 aliphatic rings. The molecule has 0 spiro atoms. The number of hydrogen-bond donors (Lipinski definition) is 0. The van der Waals surface area contributed by atoms with E-state index in [-0.39, 0.29) is 17.7 Å².